The third-order valence-corrected chi connectivity index (χ3v) is 8.21. The van der Waals surface area contributed by atoms with Crippen molar-refractivity contribution in [1.82, 2.24) is 19.8 Å². The van der Waals surface area contributed by atoms with Crippen LogP contribution in [0.25, 0.3) is 0 Å². The molecule has 1 N–H and O–H groups in total. The number of amides is 1. The molecular weight excluding hydrogens is 525 g/mol. The van der Waals surface area contributed by atoms with Gasteiger partial charge in [0.2, 0.25) is 5.91 Å². The van der Waals surface area contributed by atoms with Crippen molar-refractivity contribution in [2.24, 2.45) is 5.41 Å². The number of benzene rings is 1. The first-order chi connectivity index (χ1) is 19.7. The molecular formula is C30H38FN7O3. The Morgan fingerprint density at radius 1 is 1.29 bits per heavy atom. The van der Waals surface area contributed by atoms with E-state index >= 15 is 0 Å². The average molecular weight is 564 g/mol. The van der Waals surface area contributed by atoms with Crippen molar-refractivity contribution in [3.63, 3.8) is 0 Å². The average Bonchev–Trinajstić information content (AvgIpc) is 3.73. The summed E-state index contributed by atoms with van der Waals surface area (Å²) >= 11 is 0. The Hall–Kier alpha value is -3.91. The van der Waals surface area contributed by atoms with Crippen molar-refractivity contribution in [1.29, 1.82) is 5.26 Å². The number of ether oxygens (including phenoxy) is 1. The van der Waals surface area contributed by atoms with Gasteiger partial charge in [0.15, 0.2) is 0 Å². The number of fused-ring (bicyclic) bond motifs is 1. The van der Waals surface area contributed by atoms with Crippen molar-refractivity contribution < 1.29 is 19.0 Å². The predicted octanol–water partition coefficient (Wildman–Crippen LogP) is 3.11. The first-order valence-electron chi connectivity index (χ1n) is 14.2. The summed E-state index contributed by atoms with van der Waals surface area (Å²) in [5.74, 6) is -0.0519. The fraction of sp³-hybridized carbons (Fsp3) is 0.533. The molecule has 2 aliphatic heterocycles. The van der Waals surface area contributed by atoms with Crippen molar-refractivity contribution in [2.75, 3.05) is 63.2 Å². The van der Waals surface area contributed by atoms with E-state index in [9.17, 15) is 19.6 Å². The van der Waals surface area contributed by atoms with E-state index in [0.29, 0.717) is 45.6 Å². The Kier molecular flexibility index (Phi) is 8.31. The Balaban J connectivity index is 1.49. The summed E-state index contributed by atoms with van der Waals surface area (Å²) in [4.78, 5) is 30.0. The summed E-state index contributed by atoms with van der Waals surface area (Å²) in [5.41, 5.74) is 1.92. The van der Waals surface area contributed by atoms with Gasteiger partial charge in [0.1, 0.15) is 23.1 Å². The summed E-state index contributed by atoms with van der Waals surface area (Å²) in [6.45, 7) is 7.27. The maximum atomic E-state index is 14.9. The van der Waals surface area contributed by atoms with Crippen LogP contribution in [0.2, 0.25) is 0 Å². The summed E-state index contributed by atoms with van der Waals surface area (Å²) < 4.78 is 21.1. The van der Waals surface area contributed by atoms with Gasteiger partial charge in [-0.25, -0.2) is 4.39 Å². The zero-order valence-electron chi connectivity index (χ0n) is 23.9. The molecule has 0 spiro atoms. The summed E-state index contributed by atoms with van der Waals surface area (Å²) in [6.07, 6.45) is 5.02. The molecule has 2 fully saturated rings. The van der Waals surface area contributed by atoms with Crippen molar-refractivity contribution in [3.05, 3.63) is 47.9 Å². The number of nitriles is 1. The van der Waals surface area contributed by atoms with Gasteiger partial charge >= 0.3 is 6.01 Å². The van der Waals surface area contributed by atoms with Crippen molar-refractivity contribution in [3.8, 4) is 17.8 Å². The fourth-order valence-corrected chi connectivity index (χ4v) is 6.07. The second-order valence-corrected chi connectivity index (χ2v) is 11.6. The molecule has 41 heavy (non-hydrogen) atoms. The Bertz CT molecular complexity index is 1320. The quantitative estimate of drug-likeness (QED) is 0.461. The maximum Gasteiger partial charge on any atom is 0.318 e. The summed E-state index contributed by atoms with van der Waals surface area (Å²) in [5, 5.41) is 20.0. The second kappa shape index (κ2) is 11.9. The van der Waals surface area contributed by atoms with Gasteiger partial charge < -0.3 is 29.4 Å². The summed E-state index contributed by atoms with van der Waals surface area (Å²) in [7, 11) is 4.11. The smallest absolute Gasteiger partial charge is 0.318 e. The van der Waals surface area contributed by atoms with Crippen LogP contribution >= 0.6 is 0 Å². The number of nitrogens with zero attached hydrogens (tertiary/aromatic N) is 7. The van der Waals surface area contributed by atoms with E-state index in [4.69, 9.17) is 14.7 Å². The van der Waals surface area contributed by atoms with Crippen molar-refractivity contribution in [2.45, 2.75) is 44.7 Å². The number of hydrogen-bond donors (Lipinski definition) is 1. The van der Waals surface area contributed by atoms with Crippen LogP contribution in [-0.4, -0.2) is 90.2 Å². The minimum atomic E-state index is -0.485. The molecule has 1 amide bonds. The van der Waals surface area contributed by atoms with Gasteiger partial charge in [-0.1, -0.05) is 12.6 Å². The lowest BCUT2D eigenvalue weighted by atomic mass is 10.1. The normalized spacial score (nSPS) is 19.8. The van der Waals surface area contributed by atoms with Crippen LogP contribution in [0.3, 0.4) is 0 Å². The second-order valence-electron chi connectivity index (χ2n) is 11.6. The van der Waals surface area contributed by atoms with E-state index in [1.54, 1.807) is 4.90 Å². The first-order valence-corrected chi connectivity index (χ1v) is 14.2. The Morgan fingerprint density at radius 2 is 2.10 bits per heavy atom. The lowest BCUT2D eigenvalue weighted by molar-refractivity contribution is -0.128. The Morgan fingerprint density at radius 3 is 2.78 bits per heavy atom. The molecule has 11 heteroatoms. The van der Waals surface area contributed by atoms with Gasteiger partial charge in [0.25, 0.3) is 0 Å². The lowest BCUT2D eigenvalue weighted by Gasteiger charge is -2.41. The zero-order chi connectivity index (χ0) is 29.1. The van der Waals surface area contributed by atoms with E-state index < -0.39 is 5.82 Å². The highest BCUT2D eigenvalue weighted by atomic mass is 19.1. The van der Waals surface area contributed by atoms with Crippen LogP contribution in [0.5, 0.6) is 11.8 Å². The largest absolute Gasteiger partial charge is 0.506 e. The number of phenols is 1. The number of aromatic hydroxyl groups is 1. The minimum Gasteiger partial charge on any atom is -0.506 e. The van der Waals surface area contributed by atoms with Crippen LogP contribution in [-0.2, 0) is 17.8 Å². The van der Waals surface area contributed by atoms with Crippen LogP contribution in [0.1, 0.15) is 36.9 Å². The van der Waals surface area contributed by atoms with Gasteiger partial charge in [-0.05, 0) is 58.0 Å². The molecule has 3 heterocycles. The molecule has 0 radical (unpaired) electrons. The number of aromatic nitrogens is 2. The number of piperazine rings is 1. The maximum absolute atomic E-state index is 14.9. The fourth-order valence-electron chi connectivity index (χ4n) is 6.07. The van der Waals surface area contributed by atoms with E-state index in [0.717, 1.165) is 36.5 Å². The van der Waals surface area contributed by atoms with Crippen LogP contribution in [0.4, 0.5) is 15.9 Å². The molecule has 1 aliphatic carbocycles. The monoisotopic (exact) mass is 563 g/mol. The van der Waals surface area contributed by atoms with Crippen LogP contribution in [0.15, 0.2) is 30.9 Å². The summed E-state index contributed by atoms with van der Waals surface area (Å²) in [6, 6.07) is 6.50. The number of para-hydroxylation sites is 1. The number of halogens is 1. The van der Waals surface area contributed by atoms with E-state index in [-0.39, 0.29) is 47.8 Å². The molecule has 10 nitrogen and oxygen atoms in total. The van der Waals surface area contributed by atoms with Gasteiger partial charge in [0.05, 0.1) is 37.4 Å². The molecule has 0 bridgehead atoms. The number of hydrogen-bond acceptors (Lipinski definition) is 9. The number of rotatable bonds is 9. The molecule has 1 saturated heterocycles. The molecule has 1 saturated carbocycles. The number of carbonyl (C=O) groups is 1. The van der Waals surface area contributed by atoms with Crippen LogP contribution in [0, 0.1) is 22.6 Å². The van der Waals surface area contributed by atoms with Gasteiger partial charge in [-0.15, -0.1) is 0 Å². The van der Waals surface area contributed by atoms with Crippen molar-refractivity contribution >= 4 is 17.4 Å². The van der Waals surface area contributed by atoms with E-state index in [2.05, 4.69) is 36.5 Å². The minimum absolute atomic E-state index is 0.0827. The highest BCUT2D eigenvalue weighted by Crippen LogP contribution is 2.46. The van der Waals surface area contributed by atoms with E-state index in [1.165, 1.54) is 24.3 Å². The number of phenolic OH excluding ortho intramolecular Hbond substituents is 1. The lowest BCUT2D eigenvalue weighted by Crippen LogP contribution is -2.55. The topological polar surface area (TPSA) is 109 Å². The third-order valence-electron chi connectivity index (χ3n) is 8.21. The highest BCUT2D eigenvalue weighted by molar-refractivity contribution is 5.87. The SMILES string of the molecule is C=CC(=O)N1CCN(c2nc(OCC3(CN(C)C)CC3)nc3c2CCCN(c2c(O)cccc2F)C3)C[C@@H]1CC#N. The standard InChI is InChI=1S/C30H38FN7O3/c1-4-26(40)38-16-15-37(17-21(38)10-13-32)28-22-7-6-14-36(27-23(31)8-5-9-25(27)39)18-24(22)33-29(34-28)41-20-30(11-12-30)19-35(2)3/h4-5,8-9,21,39H,1,6-7,10-12,14-20H2,2-3H3/t21-/m0/s1. The Labute approximate surface area is 240 Å². The molecule has 2 aromatic rings. The molecule has 1 aromatic carbocycles. The molecule has 218 valence electrons. The van der Waals surface area contributed by atoms with Crippen LogP contribution < -0.4 is 14.5 Å². The number of anilines is 2. The highest BCUT2D eigenvalue weighted by Gasteiger charge is 2.44. The van der Waals surface area contributed by atoms with Gasteiger partial charge in [0, 0.05) is 43.7 Å². The molecule has 1 aromatic heterocycles. The molecule has 0 unspecified atom stereocenters. The third kappa shape index (κ3) is 6.22. The van der Waals surface area contributed by atoms with Gasteiger partial charge in [-0.3, -0.25) is 4.79 Å². The molecule has 5 rings (SSSR count). The van der Waals surface area contributed by atoms with Gasteiger partial charge in [-0.2, -0.15) is 15.2 Å². The van der Waals surface area contributed by atoms with E-state index in [1.807, 2.05) is 4.90 Å². The molecule has 3 aliphatic rings. The first kappa shape index (κ1) is 28.6. The predicted molar refractivity (Wildman–Crippen MR) is 153 cm³/mol. The molecule has 1 atom stereocenters. The number of carbonyl (C=O) groups excluding carboxylic acids is 1. The zero-order valence-corrected chi connectivity index (χ0v) is 23.9.